The molecule has 0 spiro atoms. The second-order valence-corrected chi connectivity index (χ2v) is 5.75. The van der Waals surface area contributed by atoms with Gasteiger partial charge in [0.25, 0.3) is 0 Å². The molecule has 0 unspecified atom stereocenters. The molecule has 1 amide bonds. The van der Waals surface area contributed by atoms with Crippen LogP contribution in [0.5, 0.6) is 0 Å². The minimum atomic E-state index is -0.544. The van der Waals surface area contributed by atoms with E-state index in [-0.39, 0.29) is 5.82 Å². The zero-order valence-corrected chi connectivity index (χ0v) is 12.1. The Bertz CT molecular complexity index is 610. The third-order valence-electron chi connectivity index (χ3n) is 3.01. The number of amides is 1. The topological polar surface area (TPSA) is 55.1 Å². The van der Waals surface area contributed by atoms with Gasteiger partial charge in [0.15, 0.2) is 0 Å². The molecule has 3 nitrogen and oxygen atoms in total. The molecule has 0 saturated heterocycles. The fourth-order valence-electron chi connectivity index (χ4n) is 1.89. The molecule has 0 aliphatic heterocycles. The van der Waals surface area contributed by atoms with Crippen LogP contribution in [0, 0.1) is 5.82 Å². The molecule has 106 valence electrons. The second-order valence-electron chi connectivity index (χ2n) is 4.50. The van der Waals surface area contributed by atoms with E-state index in [9.17, 15) is 9.18 Å². The summed E-state index contributed by atoms with van der Waals surface area (Å²) in [6.45, 7) is 3.17. The lowest BCUT2D eigenvalue weighted by Crippen LogP contribution is -2.15. The first-order chi connectivity index (χ1) is 9.60. The highest BCUT2D eigenvalue weighted by molar-refractivity contribution is 7.11. The van der Waals surface area contributed by atoms with Gasteiger partial charge in [-0.25, -0.2) is 4.39 Å². The van der Waals surface area contributed by atoms with Crippen molar-refractivity contribution >= 4 is 17.2 Å². The maximum Gasteiger partial charge on any atom is 0.248 e. The SMILES string of the molecule is CCc1ccc(CNCc2cc(C(N)=O)ccc2F)s1. The van der Waals surface area contributed by atoms with Crippen molar-refractivity contribution in [2.75, 3.05) is 0 Å². The van der Waals surface area contributed by atoms with Crippen LogP contribution in [0.25, 0.3) is 0 Å². The monoisotopic (exact) mass is 292 g/mol. The van der Waals surface area contributed by atoms with Crippen LogP contribution < -0.4 is 11.1 Å². The van der Waals surface area contributed by atoms with Crippen LogP contribution in [-0.2, 0) is 19.5 Å². The standard InChI is InChI=1S/C15H17FN2OS/c1-2-12-4-5-13(20-12)9-18-8-11-7-10(15(17)19)3-6-14(11)16/h3-7,18H,2,8-9H2,1H3,(H2,17,19). The summed E-state index contributed by atoms with van der Waals surface area (Å²) >= 11 is 1.75. The maximum absolute atomic E-state index is 13.6. The van der Waals surface area contributed by atoms with Gasteiger partial charge in [0, 0.05) is 34.0 Å². The lowest BCUT2D eigenvalue weighted by Gasteiger charge is -2.06. The number of halogens is 1. The summed E-state index contributed by atoms with van der Waals surface area (Å²) in [5.74, 6) is -0.875. The molecule has 0 aliphatic rings. The van der Waals surface area contributed by atoms with Gasteiger partial charge in [-0.15, -0.1) is 11.3 Å². The smallest absolute Gasteiger partial charge is 0.248 e. The Morgan fingerprint density at radius 1 is 1.25 bits per heavy atom. The summed E-state index contributed by atoms with van der Waals surface area (Å²) in [7, 11) is 0. The predicted molar refractivity (Wildman–Crippen MR) is 79.2 cm³/mol. The molecule has 1 heterocycles. The summed E-state index contributed by atoms with van der Waals surface area (Å²) in [6.07, 6.45) is 1.03. The number of benzene rings is 1. The number of primary amides is 1. The summed E-state index contributed by atoms with van der Waals surface area (Å²) in [4.78, 5) is 13.6. The number of nitrogens with two attached hydrogens (primary N) is 1. The Morgan fingerprint density at radius 3 is 2.65 bits per heavy atom. The van der Waals surface area contributed by atoms with Gasteiger partial charge in [-0.2, -0.15) is 0 Å². The number of thiophene rings is 1. The third kappa shape index (κ3) is 3.65. The molecule has 1 aromatic carbocycles. The molecule has 0 radical (unpaired) electrons. The van der Waals surface area contributed by atoms with Gasteiger partial charge in [0.2, 0.25) is 5.91 Å². The zero-order valence-electron chi connectivity index (χ0n) is 11.3. The normalized spacial score (nSPS) is 10.7. The Morgan fingerprint density at radius 2 is 2.00 bits per heavy atom. The van der Waals surface area contributed by atoms with Crippen LogP contribution in [0.2, 0.25) is 0 Å². The van der Waals surface area contributed by atoms with E-state index < -0.39 is 5.91 Å². The Kier molecular flexibility index (Phi) is 4.87. The van der Waals surface area contributed by atoms with E-state index in [2.05, 4.69) is 24.4 Å². The number of nitrogens with one attached hydrogen (secondary N) is 1. The molecular weight excluding hydrogens is 275 g/mol. The quantitative estimate of drug-likeness (QED) is 0.860. The van der Waals surface area contributed by atoms with Crippen molar-refractivity contribution in [3.63, 3.8) is 0 Å². The van der Waals surface area contributed by atoms with E-state index in [1.54, 1.807) is 11.3 Å². The van der Waals surface area contributed by atoms with Crippen LogP contribution in [-0.4, -0.2) is 5.91 Å². The van der Waals surface area contributed by atoms with Crippen molar-refractivity contribution in [3.8, 4) is 0 Å². The Balaban J connectivity index is 1.96. The van der Waals surface area contributed by atoms with Crippen LogP contribution in [0.1, 0.15) is 32.6 Å². The number of hydrogen-bond donors (Lipinski definition) is 2. The molecular formula is C15H17FN2OS. The number of carbonyl (C=O) groups excluding carboxylic acids is 1. The van der Waals surface area contributed by atoms with Crippen molar-refractivity contribution in [2.24, 2.45) is 5.73 Å². The fraction of sp³-hybridized carbons (Fsp3) is 0.267. The maximum atomic E-state index is 13.6. The van der Waals surface area contributed by atoms with E-state index >= 15 is 0 Å². The Labute approximate surface area is 121 Å². The lowest BCUT2D eigenvalue weighted by molar-refractivity contribution is 0.1000. The number of rotatable bonds is 6. The summed E-state index contributed by atoms with van der Waals surface area (Å²) in [6, 6.07) is 8.35. The van der Waals surface area contributed by atoms with Gasteiger partial charge in [-0.1, -0.05) is 6.92 Å². The van der Waals surface area contributed by atoms with E-state index in [0.29, 0.717) is 24.2 Å². The summed E-state index contributed by atoms with van der Waals surface area (Å²) in [5, 5.41) is 3.18. The van der Waals surface area contributed by atoms with Crippen LogP contribution in [0.4, 0.5) is 4.39 Å². The van der Waals surface area contributed by atoms with E-state index in [4.69, 9.17) is 5.73 Å². The van der Waals surface area contributed by atoms with Crippen LogP contribution >= 0.6 is 11.3 Å². The highest BCUT2D eigenvalue weighted by Gasteiger charge is 2.07. The van der Waals surface area contributed by atoms with Gasteiger partial charge in [-0.05, 0) is 36.8 Å². The zero-order chi connectivity index (χ0) is 14.5. The Hall–Kier alpha value is -1.72. The van der Waals surface area contributed by atoms with Gasteiger partial charge in [-0.3, -0.25) is 4.79 Å². The summed E-state index contributed by atoms with van der Waals surface area (Å²) < 4.78 is 13.6. The van der Waals surface area contributed by atoms with Crippen molar-refractivity contribution in [1.82, 2.24) is 5.32 Å². The molecule has 0 atom stereocenters. The highest BCUT2D eigenvalue weighted by atomic mass is 32.1. The first-order valence-corrected chi connectivity index (χ1v) is 7.28. The van der Waals surface area contributed by atoms with E-state index in [0.717, 1.165) is 6.42 Å². The first kappa shape index (κ1) is 14.7. The molecule has 1 aromatic heterocycles. The van der Waals surface area contributed by atoms with Gasteiger partial charge in [0.1, 0.15) is 5.82 Å². The van der Waals surface area contributed by atoms with Crippen molar-refractivity contribution < 1.29 is 9.18 Å². The molecule has 3 N–H and O–H groups in total. The fourth-order valence-corrected chi connectivity index (χ4v) is 2.82. The molecule has 2 aromatic rings. The number of carbonyl (C=O) groups is 1. The minimum Gasteiger partial charge on any atom is -0.366 e. The van der Waals surface area contributed by atoms with Crippen molar-refractivity contribution in [2.45, 2.75) is 26.4 Å². The van der Waals surface area contributed by atoms with Crippen LogP contribution in [0.3, 0.4) is 0 Å². The van der Waals surface area contributed by atoms with Gasteiger partial charge in [0.05, 0.1) is 0 Å². The molecule has 20 heavy (non-hydrogen) atoms. The number of hydrogen-bond acceptors (Lipinski definition) is 3. The molecule has 0 aliphatic carbocycles. The highest BCUT2D eigenvalue weighted by Crippen LogP contribution is 2.17. The van der Waals surface area contributed by atoms with E-state index in [1.165, 1.54) is 28.0 Å². The van der Waals surface area contributed by atoms with E-state index in [1.807, 2.05) is 0 Å². The second kappa shape index (κ2) is 6.63. The largest absolute Gasteiger partial charge is 0.366 e. The van der Waals surface area contributed by atoms with Crippen molar-refractivity contribution in [3.05, 3.63) is 57.0 Å². The number of aryl methyl sites for hydroxylation is 1. The third-order valence-corrected chi connectivity index (χ3v) is 4.24. The molecule has 5 heteroatoms. The van der Waals surface area contributed by atoms with Gasteiger partial charge >= 0.3 is 0 Å². The molecule has 0 fully saturated rings. The summed E-state index contributed by atoms with van der Waals surface area (Å²) in [5.41, 5.74) is 5.97. The predicted octanol–water partition coefficient (Wildman–Crippen LogP) is 2.84. The molecule has 0 bridgehead atoms. The van der Waals surface area contributed by atoms with Crippen LogP contribution in [0.15, 0.2) is 30.3 Å². The lowest BCUT2D eigenvalue weighted by atomic mass is 10.1. The average Bonchev–Trinajstić information content (AvgIpc) is 2.88. The minimum absolute atomic E-state index is 0.326. The molecule has 2 rings (SSSR count). The van der Waals surface area contributed by atoms with Gasteiger partial charge < -0.3 is 11.1 Å². The molecule has 0 saturated carbocycles. The van der Waals surface area contributed by atoms with Crippen molar-refractivity contribution in [1.29, 1.82) is 0 Å². The average molecular weight is 292 g/mol. The first-order valence-electron chi connectivity index (χ1n) is 6.46.